The van der Waals surface area contributed by atoms with Crippen molar-refractivity contribution in [3.8, 4) is 0 Å². The van der Waals surface area contributed by atoms with E-state index in [4.69, 9.17) is 17.3 Å². The summed E-state index contributed by atoms with van der Waals surface area (Å²) in [5.74, 6) is 0.603. The van der Waals surface area contributed by atoms with Crippen molar-refractivity contribution in [3.63, 3.8) is 0 Å². The fraction of sp³-hybridized carbons (Fsp3) is 0.524. The number of nitrogens with one attached hydrogen (secondary N) is 1. The van der Waals surface area contributed by atoms with E-state index in [9.17, 15) is 9.59 Å². The minimum Gasteiger partial charge on any atom is -0.359 e. The monoisotopic (exact) mass is 502 g/mol. The molecule has 0 unspecified atom stereocenters. The molecule has 2 amide bonds. The third-order valence-corrected chi connectivity index (χ3v) is 6.86. The largest absolute Gasteiger partial charge is 0.359 e. The first-order chi connectivity index (χ1) is 14.5. The maximum absolute atomic E-state index is 13.1. The molecule has 0 saturated heterocycles. The van der Waals surface area contributed by atoms with Gasteiger partial charge in [-0.1, -0.05) is 23.7 Å². The molecule has 2 heterocycles. The predicted molar refractivity (Wildman–Crippen MR) is 128 cm³/mol. The van der Waals surface area contributed by atoms with Crippen molar-refractivity contribution in [2.45, 2.75) is 50.1 Å². The van der Waals surface area contributed by atoms with E-state index in [0.717, 1.165) is 30.7 Å². The normalized spacial score (nSPS) is 22.4. The van der Waals surface area contributed by atoms with Crippen LogP contribution in [0.1, 0.15) is 47.7 Å². The average molecular weight is 504 g/mol. The van der Waals surface area contributed by atoms with Crippen LogP contribution in [-0.4, -0.2) is 57.7 Å². The molecule has 0 atom stereocenters. The van der Waals surface area contributed by atoms with Gasteiger partial charge in [0.2, 0.25) is 11.7 Å². The molecule has 1 aliphatic heterocycles. The quantitative estimate of drug-likeness (QED) is 0.651. The molecule has 1 aliphatic carbocycles. The zero-order valence-electron chi connectivity index (χ0n) is 17.9. The Kier molecular flexibility index (Phi) is 8.93. The molecule has 0 radical (unpaired) electrons. The van der Waals surface area contributed by atoms with Crippen molar-refractivity contribution in [2.75, 3.05) is 20.1 Å². The molecule has 8 nitrogen and oxygen atoms in total. The van der Waals surface area contributed by atoms with Gasteiger partial charge in [0.25, 0.3) is 5.91 Å². The van der Waals surface area contributed by atoms with Crippen LogP contribution in [0.4, 0.5) is 0 Å². The Labute approximate surface area is 205 Å². The highest BCUT2D eigenvalue weighted by atomic mass is 35.5. The number of amides is 2. The number of nitrogens with two attached hydrogens (primary N) is 1. The van der Waals surface area contributed by atoms with Crippen LogP contribution in [-0.2, 0) is 23.2 Å². The van der Waals surface area contributed by atoms with Gasteiger partial charge in [0.05, 0.1) is 6.42 Å². The van der Waals surface area contributed by atoms with Crippen LogP contribution in [0.25, 0.3) is 0 Å². The van der Waals surface area contributed by atoms with Crippen molar-refractivity contribution in [2.24, 2.45) is 5.73 Å². The Morgan fingerprint density at radius 1 is 1.25 bits per heavy atom. The van der Waals surface area contributed by atoms with E-state index in [0.29, 0.717) is 31.3 Å². The molecule has 1 fully saturated rings. The number of benzene rings is 1. The SMILES string of the molecule is CNC(=O)Cc1nnc2n1CCN(C1CCC(CN)(c3cccc(Cl)c3)CC1)C2=O.Cl.Cl. The molecule has 2 aliphatic rings. The van der Waals surface area contributed by atoms with Crippen molar-refractivity contribution in [3.05, 3.63) is 46.5 Å². The Bertz CT molecular complexity index is 959. The van der Waals surface area contributed by atoms with Gasteiger partial charge in [0, 0.05) is 43.2 Å². The van der Waals surface area contributed by atoms with Crippen molar-refractivity contribution in [1.82, 2.24) is 25.0 Å². The zero-order valence-corrected chi connectivity index (χ0v) is 20.3. The number of hydrogen-bond donors (Lipinski definition) is 2. The van der Waals surface area contributed by atoms with Gasteiger partial charge in [0.15, 0.2) is 0 Å². The fourth-order valence-corrected chi connectivity index (χ4v) is 4.96. The van der Waals surface area contributed by atoms with Crippen LogP contribution in [0.3, 0.4) is 0 Å². The van der Waals surface area contributed by atoms with Gasteiger partial charge in [-0.3, -0.25) is 9.59 Å². The number of aromatic nitrogens is 3. The summed E-state index contributed by atoms with van der Waals surface area (Å²) in [6.07, 6.45) is 3.71. The molecule has 32 heavy (non-hydrogen) atoms. The first-order valence-corrected chi connectivity index (χ1v) is 10.7. The summed E-state index contributed by atoms with van der Waals surface area (Å²) in [6, 6.07) is 8.11. The van der Waals surface area contributed by atoms with Gasteiger partial charge in [-0.2, -0.15) is 0 Å². The van der Waals surface area contributed by atoms with E-state index in [-0.39, 0.29) is 54.5 Å². The molecule has 3 N–H and O–H groups in total. The van der Waals surface area contributed by atoms with Crippen LogP contribution in [0.5, 0.6) is 0 Å². The lowest BCUT2D eigenvalue weighted by Gasteiger charge is -2.44. The molecule has 2 aromatic rings. The van der Waals surface area contributed by atoms with E-state index < -0.39 is 0 Å². The first-order valence-electron chi connectivity index (χ1n) is 10.4. The van der Waals surface area contributed by atoms with E-state index in [1.165, 1.54) is 5.56 Å². The standard InChI is InChI=1S/C21H27ClN6O2.2ClH/c1-24-18(29)12-17-25-26-19-20(30)27(9-10-28(17)19)16-5-7-21(13-23,8-6-16)14-3-2-4-15(22)11-14;;/h2-4,11,16H,5-10,12-13,23H2,1H3,(H,24,29);2*1H. The predicted octanol–water partition coefficient (Wildman–Crippen LogP) is 2.36. The molecule has 1 aromatic carbocycles. The van der Waals surface area contributed by atoms with Gasteiger partial charge in [-0.25, -0.2) is 0 Å². The number of hydrogen-bond acceptors (Lipinski definition) is 5. The Morgan fingerprint density at radius 2 is 1.97 bits per heavy atom. The Morgan fingerprint density at radius 3 is 2.59 bits per heavy atom. The van der Waals surface area contributed by atoms with Gasteiger partial charge in [-0.15, -0.1) is 35.0 Å². The number of rotatable bonds is 5. The minimum absolute atomic E-state index is 0. The first kappa shape index (κ1) is 26.4. The highest BCUT2D eigenvalue weighted by Crippen LogP contribution is 2.41. The number of carbonyl (C=O) groups is 2. The topological polar surface area (TPSA) is 106 Å². The second kappa shape index (κ2) is 10.8. The van der Waals surface area contributed by atoms with Crippen LogP contribution in [0.2, 0.25) is 5.02 Å². The summed E-state index contributed by atoms with van der Waals surface area (Å²) in [5.41, 5.74) is 7.29. The molecular weight excluding hydrogens is 475 g/mol. The average Bonchev–Trinajstić information content (AvgIpc) is 3.17. The molecular formula is C21H29Cl3N6O2. The lowest BCUT2D eigenvalue weighted by molar-refractivity contribution is -0.120. The molecule has 4 rings (SSSR count). The summed E-state index contributed by atoms with van der Waals surface area (Å²) in [7, 11) is 1.58. The number of carbonyl (C=O) groups excluding carboxylic acids is 2. The fourth-order valence-electron chi connectivity index (χ4n) is 4.77. The molecule has 11 heteroatoms. The number of fused-ring (bicyclic) bond motifs is 1. The number of nitrogens with zero attached hydrogens (tertiary/aromatic N) is 4. The lowest BCUT2D eigenvalue weighted by atomic mass is 9.68. The van der Waals surface area contributed by atoms with Gasteiger partial charge < -0.3 is 20.5 Å². The molecule has 0 spiro atoms. The molecule has 176 valence electrons. The van der Waals surface area contributed by atoms with E-state index >= 15 is 0 Å². The van der Waals surface area contributed by atoms with Crippen molar-refractivity contribution >= 4 is 48.2 Å². The number of likely N-dealkylation sites (N-methyl/N-ethyl adjacent to an activating group) is 1. The van der Waals surface area contributed by atoms with Crippen LogP contribution >= 0.6 is 36.4 Å². The molecule has 0 bridgehead atoms. The maximum Gasteiger partial charge on any atom is 0.292 e. The smallest absolute Gasteiger partial charge is 0.292 e. The van der Waals surface area contributed by atoms with E-state index in [1.807, 2.05) is 23.1 Å². The summed E-state index contributed by atoms with van der Waals surface area (Å²) in [6.45, 7) is 1.76. The van der Waals surface area contributed by atoms with Crippen LogP contribution < -0.4 is 11.1 Å². The highest BCUT2D eigenvalue weighted by Gasteiger charge is 2.40. The van der Waals surface area contributed by atoms with Gasteiger partial charge >= 0.3 is 0 Å². The second-order valence-electron chi connectivity index (χ2n) is 8.17. The van der Waals surface area contributed by atoms with Crippen LogP contribution in [0, 0.1) is 0 Å². The zero-order chi connectivity index (χ0) is 21.3. The van der Waals surface area contributed by atoms with Crippen LogP contribution in [0.15, 0.2) is 24.3 Å². The highest BCUT2D eigenvalue weighted by molar-refractivity contribution is 6.30. The maximum atomic E-state index is 13.1. The number of halogens is 3. The van der Waals surface area contributed by atoms with Gasteiger partial charge in [-0.05, 0) is 43.4 Å². The second-order valence-corrected chi connectivity index (χ2v) is 8.60. The summed E-state index contributed by atoms with van der Waals surface area (Å²) in [5, 5.41) is 11.5. The molecule has 1 aromatic heterocycles. The Balaban J connectivity index is 0.00000181. The van der Waals surface area contributed by atoms with Gasteiger partial charge in [0.1, 0.15) is 5.82 Å². The lowest BCUT2D eigenvalue weighted by Crippen LogP contribution is -2.51. The summed E-state index contributed by atoms with van der Waals surface area (Å²) < 4.78 is 1.77. The Hall–Kier alpha value is -1.87. The van der Waals surface area contributed by atoms with Crippen molar-refractivity contribution < 1.29 is 9.59 Å². The third-order valence-electron chi connectivity index (χ3n) is 6.62. The summed E-state index contributed by atoms with van der Waals surface area (Å²) in [4.78, 5) is 26.7. The minimum atomic E-state index is -0.147. The summed E-state index contributed by atoms with van der Waals surface area (Å²) >= 11 is 6.21. The van der Waals surface area contributed by atoms with E-state index in [1.54, 1.807) is 11.6 Å². The van der Waals surface area contributed by atoms with E-state index in [2.05, 4.69) is 21.6 Å². The third kappa shape index (κ3) is 4.88. The van der Waals surface area contributed by atoms with Crippen molar-refractivity contribution in [1.29, 1.82) is 0 Å². The molecule has 1 saturated carbocycles.